The van der Waals surface area contributed by atoms with Crippen LogP contribution in [0.1, 0.15) is 16.1 Å². The summed E-state index contributed by atoms with van der Waals surface area (Å²) in [6.07, 6.45) is 5.10. The molecule has 0 bridgehead atoms. The first-order valence-corrected chi connectivity index (χ1v) is 11.5. The lowest BCUT2D eigenvalue weighted by atomic mass is 10.2. The molecule has 0 fully saturated rings. The fourth-order valence-corrected chi connectivity index (χ4v) is 4.22. The summed E-state index contributed by atoms with van der Waals surface area (Å²) in [6, 6.07) is 17.6. The first-order valence-electron chi connectivity index (χ1n) is 10.7. The van der Waals surface area contributed by atoms with E-state index in [1.54, 1.807) is 42.2 Å². The third-order valence-corrected chi connectivity index (χ3v) is 6.12. The van der Waals surface area contributed by atoms with E-state index in [-0.39, 0.29) is 5.91 Å². The van der Waals surface area contributed by atoms with E-state index >= 15 is 0 Å². The van der Waals surface area contributed by atoms with Gasteiger partial charge in [-0.3, -0.25) is 13.9 Å². The van der Waals surface area contributed by atoms with Crippen molar-refractivity contribution in [2.45, 2.75) is 6.54 Å². The highest BCUT2D eigenvalue weighted by molar-refractivity contribution is 9.10. The number of carbonyl (C=O) groups excluding carboxylic acids is 1. The Labute approximate surface area is 204 Å². The van der Waals surface area contributed by atoms with Crippen molar-refractivity contribution in [3.05, 3.63) is 88.9 Å². The fourth-order valence-electron chi connectivity index (χ4n) is 3.78. The number of nitrogens with one attached hydrogen (secondary N) is 1. The van der Waals surface area contributed by atoms with Crippen LogP contribution in [0.25, 0.3) is 16.6 Å². The molecule has 1 amide bonds. The van der Waals surface area contributed by atoms with Gasteiger partial charge in [-0.25, -0.2) is 4.98 Å². The molecular weight excluding hydrogens is 498 g/mol. The number of aromatic nitrogens is 4. The SMILES string of the molecule is COCCOc1ccn2c(C(=O)Nc3c(Br)ccc4c3cnn4Cc3ccccc3)cnc2c1. The molecule has 172 valence electrons. The highest BCUT2D eigenvalue weighted by atomic mass is 79.9. The van der Waals surface area contributed by atoms with Crippen LogP contribution >= 0.6 is 15.9 Å². The summed E-state index contributed by atoms with van der Waals surface area (Å²) in [5.41, 5.74) is 3.78. The number of imidazole rings is 1. The molecule has 0 spiro atoms. The summed E-state index contributed by atoms with van der Waals surface area (Å²) in [6.45, 7) is 1.58. The van der Waals surface area contributed by atoms with Gasteiger partial charge in [-0.15, -0.1) is 0 Å². The van der Waals surface area contributed by atoms with E-state index < -0.39 is 0 Å². The van der Waals surface area contributed by atoms with Gasteiger partial charge in [-0.05, 0) is 39.7 Å². The maximum absolute atomic E-state index is 13.2. The second-order valence-corrected chi connectivity index (χ2v) is 8.53. The molecule has 8 nitrogen and oxygen atoms in total. The number of hydrogen-bond acceptors (Lipinski definition) is 5. The van der Waals surface area contributed by atoms with E-state index in [9.17, 15) is 4.79 Å². The van der Waals surface area contributed by atoms with Gasteiger partial charge in [0.05, 0.1) is 36.7 Å². The van der Waals surface area contributed by atoms with Gasteiger partial charge >= 0.3 is 0 Å². The van der Waals surface area contributed by atoms with Crippen molar-refractivity contribution in [2.75, 3.05) is 25.6 Å². The number of benzene rings is 2. The Morgan fingerprint density at radius 2 is 1.94 bits per heavy atom. The molecule has 3 aromatic heterocycles. The lowest BCUT2D eigenvalue weighted by Gasteiger charge is -2.10. The lowest BCUT2D eigenvalue weighted by Crippen LogP contribution is -2.15. The minimum atomic E-state index is -0.274. The standard InChI is InChI=1S/C25H22BrN5O3/c1-33-11-12-34-18-9-10-30-22(15-27-23(30)13-18)25(32)29-24-19-14-28-31(21(19)8-7-20(24)26)16-17-5-3-2-4-6-17/h2-10,13-15H,11-12,16H2,1H3,(H,29,32). The zero-order chi connectivity index (χ0) is 23.5. The average Bonchev–Trinajstić information content (AvgIpc) is 3.46. The Morgan fingerprint density at radius 1 is 1.09 bits per heavy atom. The number of fused-ring (bicyclic) bond motifs is 2. The molecule has 0 aliphatic rings. The van der Waals surface area contributed by atoms with Crippen LogP contribution in [0.2, 0.25) is 0 Å². The highest BCUT2D eigenvalue weighted by Crippen LogP contribution is 2.32. The van der Waals surface area contributed by atoms with E-state index in [0.717, 1.165) is 20.9 Å². The maximum Gasteiger partial charge on any atom is 0.274 e. The van der Waals surface area contributed by atoms with Crippen LogP contribution in [0.15, 0.2) is 77.7 Å². The van der Waals surface area contributed by atoms with Gasteiger partial charge in [0.1, 0.15) is 23.7 Å². The zero-order valence-corrected chi connectivity index (χ0v) is 20.0. The number of pyridine rings is 1. The molecule has 0 unspecified atom stereocenters. The summed E-state index contributed by atoms with van der Waals surface area (Å²) in [4.78, 5) is 17.6. The zero-order valence-electron chi connectivity index (χ0n) is 18.4. The summed E-state index contributed by atoms with van der Waals surface area (Å²) in [5, 5.41) is 8.44. The largest absolute Gasteiger partial charge is 0.491 e. The van der Waals surface area contributed by atoms with Crippen molar-refractivity contribution < 1.29 is 14.3 Å². The number of hydrogen-bond donors (Lipinski definition) is 1. The second-order valence-electron chi connectivity index (χ2n) is 7.67. The van der Waals surface area contributed by atoms with Gasteiger partial charge < -0.3 is 14.8 Å². The van der Waals surface area contributed by atoms with Crippen molar-refractivity contribution in [1.82, 2.24) is 19.2 Å². The minimum absolute atomic E-state index is 0.274. The third-order valence-electron chi connectivity index (χ3n) is 5.46. The first-order chi connectivity index (χ1) is 16.6. The predicted molar refractivity (Wildman–Crippen MR) is 133 cm³/mol. The van der Waals surface area contributed by atoms with Crippen LogP contribution in [-0.2, 0) is 11.3 Å². The van der Waals surface area contributed by atoms with Crippen LogP contribution < -0.4 is 10.1 Å². The quantitative estimate of drug-likeness (QED) is 0.298. The molecule has 9 heteroatoms. The van der Waals surface area contributed by atoms with Crippen LogP contribution in [0.4, 0.5) is 5.69 Å². The van der Waals surface area contributed by atoms with Crippen molar-refractivity contribution in [3.8, 4) is 5.75 Å². The molecule has 0 saturated heterocycles. The predicted octanol–water partition coefficient (Wildman–Crippen LogP) is 4.77. The van der Waals surface area contributed by atoms with Crippen molar-refractivity contribution in [1.29, 1.82) is 0 Å². The molecule has 2 aromatic carbocycles. The Morgan fingerprint density at radius 3 is 2.76 bits per heavy atom. The van der Waals surface area contributed by atoms with E-state index in [0.29, 0.717) is 42.5 Å². The third kappa shape index (κ3) is 4.40. The molecule has 34 heavy (non-hydrogen) atoms. The highest BCUT2D eigenvalue weighted by Gasteiger charge is 2.17. The number of ether oxygens (including phenoxy) is 2. The topological polar surface area (TPSA) is 82.7 Å². The summed E-state index contributed by atoms with van der Waals surface area (Å²) in [7, 11) is 1.62. The van der Waals surface area contributed by atoms with Gasteiger partial charge in [0, 0.05) is 29.2 Å². The van der Waals surface area contributed by atoms with Crippen molar-refractivity contribution >= 4 is 44.1 Å². The normalized spacial score (nSPS) is 11.2. The first kappa shape index (κ1) is 22.1. The smallest absolute Gasteiger partial charge is 0.274 e. The average molecular weight is 520 g/mol. The van der Waals surface area contributed by atoms with Gasteiger partial charge in [-0.2, -0.15) is 5.10 Å². The lowest BCUT2D eigenvalue weighted by molar-refractivity contribution is 0.102. The van der Waals surface area contributed by atoms with Crippen molar-refractivity contribution in [3.63, 3.8) is 0 Å². The molecule has 0 atom stereocenters. The van der Waals surface area contributed by atoms with Gasteiger partial charge in [-0.1, -0.05) is 30.3 Å². The summed E-state index contributed by atoms with van der Waals surface area (Å²) < 4.78 is 15.1. The van der Waals surface area contributed by atoms with Gasteiger partial charge in [0.15, 0.2) is 0 Å². The van der Waals surface area contributed by atoms with E-state index in [2.05, 4.69) is 43.5 Å². The van der Waals surface area contributed by atoms with Gasteiger partial charge in [0.2, 0.25) is 0 Å². The Kier molecular flexibility index (Phi) is 6.29. The van der Waals surface area contributed by atoms with Crippen LogP contribution in [0, 0.1) is 0 Å². The number of rotatable bonds is 8. The van der Waals surface area contributed by atoms with E-state index in [4.69, 9.17) is 9.47 Å². The number of nitrogens with zero attached hydrogens (tertiary/aromatic N) is 4. The molecule has 0 radical (unpaired) electrons. The van der Waals surface area contributed by atoms with Gasteiger partial charge in [0.25, 0.3) is 5.91 Å². The van der Waals surface area contributed by atoms with Crippen LogP contribution in [-0.4, -0.2) is 45.4 Å². The summed E-state index contributed by atoms with van der Waals surface area (Å²) in [5.74, 6) is 0.394. The van der Waals surface area contributed by atoms with Crippen molar-refractivity contribution in [2.24, 2.45) is 0 Å². The molecule has 1 N–H and O–H groups in total. The Hall–Kier alpha value is -3.69. The Balaban J connectivity index is 1.41. The van der Waals surface area contributed by atoms with Crippen LogP contribution in [0.5, 0.6) is 5.75 Å². The number of anilines is 1. The number of halogens is 1. The molecule has 0 aliphatic carbocycles. The van der Waals surface area contributed by atoms with Crippen LogP contribution in [0.3, 0.4) is 0 Å². The second kappa shape index (κ2) is 9.66. The molecule has 0 saturated carbocycles. The molecule has 3 heterocycles. The number of amides is 1. The van der Waals surface area contributed by atoms with E-state index in [1.807, 2.05) is 35.0 Å². The molecule has 0 aliphatic heterocycles. The molecular formula is C25H22BrN5O3. The number of methoxy groups -OCH3 is 1. The van der Waals surface area contributed by atoms with E-state index in [1.165, 1.54) is 0 Å². The fraction of sp³-hybridized carbons (Fsp3) is 0.160. The number of carbonyl (C=O) groups is 1. The minimum Gasteiger partial charge on any atom is -0.491 e. The summed E-state index contributed by atoms with van der Waals surface area (Å²) >= 11 is 3.57. The molecule has 5 aromatic rings. The monoisotopic (exact) mass is 519 g/mol. The Bertz CT molecular complexity index is 1460. The maximum atomic E-state index is 13.2. The molecule has 5 rings (SSSR count).